The minimum absolute atomic E-state index is 0.0434. The summed E-state index contributed by atoms with van der Waals surface area (Å²) in [6, 6.07) is 3.32. The number of hydrogen-bond donors (Lipinski definition) is 2. The van der Waals surface area contributed by atoms with Crippen molar-refractivity contribution < 1.29 is 19.3 Å². The Bertz CT molecular complexity index is 716. The van der Waals surface area contributed by atoms with E-state index in [1.807, 2.05) is 13.8 Å². The van der Waals surface area contributed by atoms with E-state index in [4.69, 9.17) is 0 Å². The summed E-state index contributed by atoms with van der Waals surface area (Å²) in [6.45, 7) is 4.95. The van der Waals surface area contributed by atoms with E-state index in [1.165, 1.54) is 12.1 Å². The predicted octanol–water partition coefficient (Wildman–Crippen LogP) is 1.54. The van der Waals surface area contributed by atoms with Crippen LogP contribution in [0.3, 0.4) is 0 Å². The summed E-state index contributed by atoms with van der Waals surface area (Å²) in [7, 11) is 0. The number of fused-ring (bicyclic) bond motifs is 1. The van der Waals surface area contributed by atoms with Gasteiger partial charge < -0.3 is 10.6 Å². The molecule has 1 aliphatic heterocycles. The van der Waals surface area contributed by atoms with Crippen molar-refractivity contribution in [2.24, 2.45) is 5.92 Å². The molecule has 0 saturated heterocycles. The number of non-ortho nitro benzene ring substituents is 1. The summed E-state index contributed by atoms with van der Waals surface area (Å²) >= 11 is 0. The molecule has 0 spiro atoms. The molecule has 4 amide bonds. The highest BCUT2D eigenvalue weighted by molar-refractivity contribution is 6.21. The second-order valence-electron chi connectivity index (χ2n) is 6.13. The van der Waals surface area contributed by atoms with E-state index in [2.05, 4.69) is 10.6 Å². The SMILES string of the molecule is CC(C)CNC(=O)NCCCN1C(=O)c2ccc([N+](=O)[O-])cc2C1=O. The van der Waals surface area contributed by atoms with Crippen LogP contribution in [0.4, 0.5) is 10.5 Å². The number of nitrogens with zero attached hydrogens (tertiary/aromatic N) is 2. The third-order valence-corrected chi connectivity index (χ3v) is 3.68. The number of carbonyl (C=O) groups is 3. The van der Waals surface area contributed by atoms with Gasteiger partial charge in [-0.25, -0.2) is 4.79 Å². The Hall–Kier alpha value is -2.97. The molecule has 9 nitrogen and oxygen atoms in total. The summed E-state index contributed by atoms with van der Waals surface area (Å²) in [6.07, 6.45) is 0.392. The van der Waals surface area contributed by atoms with Gasteiger partial charge in [0.25, 0.3) is 17.5 Å². The average molecular weight is 348 g/mol. The lowest BCUT2D eigenvalue weighted by atomic mass is 10.1. The molecule has 0 fully saturated rings. The van der Waals surface area contributed by atoms with E-state index >= 15 is 0 Å². The normalized spacial score (nSPS) is 13.2. The van der Waals surface area contributed by atoms with Gasteiger partial charge in [0.2, 0.25) is 0 Å². The van der Waals surface area contributed by atoms with Crippen molar-refractivity contribution >= 4 is 23.5 Å². The largest absolute Gasteiger partial charge is 0.338 e. The van der Waals surface area contributed by atoms with Gasteiger partial charge in [0.15, 0.2) is 0 Å². The Morgan fingerprint density at radius 3 is 2.52 bits per heavy atom. The lowest BCUT2D eigenvalue weighted by molar-refractivity contribution is -0.384. The van der Waals surface area contributed by atoms with Gasteiger partial charge in [0, 0.05) is 31.8 Å². The van der Waals surface area contributed by atoms with E-state index in [-0.39, 0.29) is 29.4 Å². The van der Waals surface area contributed by atoms with Crippen molar-refractivity contribution in [1.29, 1.82) is 0 Å². The van der Waals surface area contributed by atoms with Crippen molar-refractivity contribution in [3.63, 3.8) is 0 Å². The molecule has 0 saturated carbocycles. The van der Waals surface area contributed by atoms with Gasteiger partial charge in [0.1, 0.15) is 0 Å². The molecule has 1 aromatic carbocycles. The van der Waals surface area contributed by atoms with Gasteiger partial charge in [-0.2, -0.15) is 0 Å². The lowest BCUT2D eigenvalue weighted by Gasteiger charge is -2.14. The van der Waals surface area contributed by atoms with Crippen molar-refractivity contribution in [1.82, 2.24) is 15.5 Å². The Balaban J connectivity index is 1.88. The maximum absolute atomic E-state index is 12.3. The van der Waals surface area contributed by atoms with E-state index in [0.717, 1.165) is 11.0 Å². The molecule has 0 radical (unpaired) electrons. The third kappa shape index (κ3) is 4.31. The van der Waals surface area contributed by atoms with Crippen molar-refractivity contribution in [2.45, 2.75) is 20.3 Å². The van der Waals surface area contributed by atoms with Gasteiger partial charge in [-0.3, -0.25) is 24.6 Å². The van der Waals surface area contributed by atoms with Crippen LogP contribution in [0.1, 0.15) is 41.0 Å². The Kier molecular flexibility index (Phi) is 5.68. The molecule has 0 atom stereocenters. The first kappa shape index (κ1) is 18.4. The summed E-state index contributed by atoms with van der Waals surface area (Å²) in [5.41, 5.74) is -0.0229. The first-order valence-electron chi connectivity index (χ1n) is 7.97. The monoisotopic (exact) mass is 348 g/mol. The van der Waals surface area contributed by atoms with E-state index in [0.29, 0.717) is 25.4 Å². The van der Waals surface area contributed by atoms with Gasteiger partial charge >= 0.3 is 6.03 Å². The number of nitro groups is 1. The average Bonchev–Trinajstić information content (AvgIpc) is 2.80. The zero-order valence-corrected chi connectivity index (χ0v) is 14.1. The number of amides is 4. The fourth-order valence-corrected chi connectivity index (χ4v) is 2.39. The van der Waals surface area contributed by atoms with Crippen molar-refractivity contribution in [2.75, 3.05) is 19.6 Å². The van der Waals surface area contributed by atoms with Gasteiger partial charge in [0.05, 0.1) is 16.1 Å². The first-order valence-corrected chi connectivity index (χ1v) is 7.97. The molecule has 2 rings (SSSR count). The Labute approximate surface area is 144 Å². The number of imide groups is 1. The van der Waals surface area contributed by atoms with E-state index < -0.39 is 16.7 Å². The van der Waals surface area contributed by atoms with Crippen LogP contribution >= 0.6 is 0 Å². The predicted molar refractivity (Wildman–Crippen MR) is 89.3 cm³/mol. The number of hydrogen-bond acceptors (Lipinski definition) is 5. The minimum Gasteiger partial charge on any atom is -0.338 e. The van der Waals surface area contributed by atoms with Crippen LogP contribution < -0.4 is 10.6 Å². The first-order chi connectivity index (χ1) is 11.8. The number of rotatable bonds is 7. The van der Waals surface area contributed by atoms with Crippen LogP contribution in [0.15, 0.2) is 18.2 Å². The second-order valence-corrected chi connectivity index (χ2v) is 6.13. The van der Waals surface area contributed by atoms with Gasteiger partial charge in [-0.1, -0.05) is 13.8 Å². The maximum atomic E-state index is 12.3. The minimum atomic E-state index is -0.611. The number of nitrogens with one attached hydrogen (secondary N) is 2. The molecule has 1 aromatic rings. The molecule has 0 aliphatic carbocycles. The van der Waals surface area contributed by atoms with Crippen LogP contribution in [-0.4, -0.2) is 47.3 Å². The highest BCUT2D eigenvalue weighted by Gasteiger charge is 2.36. The highest BCUT2D eigenvalue weighted by atomic mass is 16.6. The number of nitro benzene ring substituents is 1. The molecule has 0 aromatic heterocycles. The number of benzene rings is 1. The maximum Gasteiger partial charge on any atom is 0.314 e. The molecule has 1 heterocycles. The molecule has 134 valence electrons. The summed E-state index contributed by atoms with van der Waals surface area (Å²) < 4.78 is 0. The van der Waals surface area contributed by atoms with E-state index in [9.17, 15) is 24.5 Å². The summed E-state index contributed by atoms with van der Waals surface area (Å²) in [5.74, 6) is -0.680. The van der Waals surface area contributed by atoms with Crippen LogP contribution in [0.2, 0.25) is 0 Å². The third-order valence-electron chi connectivity index (χ3n) is 3.68. The highest BCUT2D eigenvalue weighted by Crippen LogP contribution is 2.26. The molecular formula is C16H20N4O5. The van der Waals surface area contributed by atoms with E-state index in [1.54, 1.807) is 0 Å². The van der Waals surface area contributed by atoms with Crippen LogP contribution in [0.25, 0.3) is 0 Å². The smallest absolute Gasteiger partial charge is 0.314 e. The summed E-state index contributed by atoms with van der Waals surface area (Å²) in [5, 5.41) is 16.1. The zero-order valence-electron chi connectivity index (χ0n) is 14.1. The quantitative estimate of drug-likeness (QED) is 0.335. The number of urea groups is 1. The molecule has 2 N–H and O–H groups in total. The molecule has 0 bridgehead atoms. The van der Waals surface area contributed by atoms with Crippen LogP contribution in [-0.2, 0) is 0 Å². The molecule has 9 heteroatoms. The lowest BCUT2D eigenvalue weighted by Crippen LogP contribution is -2.39. The Morgan fingerprint density at radius 1 is 1.20 bits per heavy atom. The summed E-state index contributed by atoms with van der Waals surface area (Å²) in [4.78, 5) is 47.2. The second kappa shape index (κ2) is 7.73. The number of carbonyl (C=O) groups excluding carboxylic acids is 3. The molecular weight excluding hydrogens is 328 g/mol. The molecule has 25 heavy (non-hydrogen) atoms. The fraction of sp³-hybridized carbons (Fsp3) is 0.438. The van der Waals surface area contributed by atoms with Crippen molar-refractivity contribution in [3.05, 3.63) is 39.4 Å². The van der Waals surface area contributed by atoms with Crippen LogP contribution in [0.5, 0.6) is 0 Å². The van der Waals surface area contributed by atoms with Crippen molar-refractivity contribution in [3.8, 4) is 0 Å². The molecule has 0 unspecified atom stereocenters. The fourth-order valence-electron chi connectivity index (χ4n) is 2.39. The van der Waals surface area contributed by atoms with Gasteiger partial charge in [-0.05, 0) is 18.4 Å². The Morgan fingerprint density at radius 2 is 1.88 bits per heavy atom. The zero-order chi connectivity index (χ0) is 18.6. The molecule has 1 aliphatic rings. The van der Waals surface area contributed by atoms with Crippen LogP contribution in [0, 0.1) is 16.0 Å². The topological polar surface area (TPSA) is 122 Å². The van der Waals surface area contributed by atoms with Gasteiger partial charge in [-0.15, -0.1) is 0 Å². The standard InChI is InChI=1S/C16H20N4O5/c1-10(2)9-18-16(23)17-6-3-7-19-14(21)12-5-4-11(20(24)25)8-13(12)15(19)22/h4-5,8,10H,3,6-7,9H2,1-2H3,(H2,17,18,23).